The van der Waals surface area contributed by atoms with Crippen LogP contribution in [0.2, 0.25) is 0 Å². The van der Waals surface area contributed by atoms with Gasteiger partial charge >= 0.3 is 0 Å². The predicted octanol–water partition coefficient (Wildman–Crippen LogP) is 13.5. The Kier molecular flexibility index (Phi) is 7.90. The number of fused-ring (bicyclic) bond motifs is 3. The fourth-order valence-corrected chi connectivity index (χ4v) is 8.31. The second-order valence-electron chi connectivity index (χ2n) is 13.9. The van der Waals surface area contributed by atoms with Gasteiger partial charge in [-0.25, -0.2) is 0 Å². The molecule has 248 valence electrons. The molecule has 0 aromatic heterocycles. The van der Waals surface area contributed by atoms with Crippen LogP contribution in [0.15, 0.2) is 200 Å². The average Bonchev–Trinajstić information content (AvgIpc) is 3.49. The van der Waals surface area contributed by atoms with Crippen molar-refractivity contribution in [2.45, 2.75) is 19.3 Å². The fraction of sp³-hybridized carbons (Fsp3) is 0.0588. The zero-order valence-electron chi connectivity index (χ0n) is 29.5. The first-order valence-corrected chi connectivity index (χ1v) is 18.1. The molecule has 0 aliphatic heterocycles. The Hall–Kier alpha value is -6.44. The molecule has 0 radical (unpaired) electrons. The third-order valence-electron chi connectivity index (χ3n) is 10.6. The molecule has 0 bridgehead atoms. The van der Waals surface area contributed by atoms with Crippen LogP contribution >= 0.6 is 0 Å². The second kappa shape index (κ2) is 13.0. The zero-order valence-corrected chi connectivity index (χ0v) is 29.5. The highest BCUT2D eigenvalue weighted by Crippen LogP contribution is 2.60. The lowest BCUT2D eigenvalue weighted by Crippen LogP contribution is -2.28. The van der Waals surface area contributed by atoms with E-state index < -0.39 is 5.41 Å². The summed E-state index contributed by atoms with van der Waals surface area (Å²) in [6.45, 7) is 4.46. The summed E-state index contributed by atoms with van der Waals surface area (Å²) < 4.78 is 0. The molecule has 0 unspecified atom stereocenters. The van der Waals surface area contributed by atoms with E-state index >= 15 is 0 Å². The van der Waals surface area contributed by atoms with E-state index in [9.17, 15) is 0 Å². The Balaban J connectivity index is 1.32. The summed E-state index contributed by atoms with van der Waals surface area (Å²) in [5.41, 5.74) is 18.0. The molecule has 9 rings (SSSR count). The standard InChI is InChI=1S/C51H39N/c1-36-23-32-46-47(33-36)51(42-19-11-5-12-20-42,43-21-13-6-14-22-43)48-34-37(2)35-49(50(46)48)52(44-28-24-40(25-29-44)38-15-7-3-8-16-38)45-30-26-41(27-31-45)39-17-9-4-10-18-39/h3-35H,1-2H3. The molecule has 1 nitrogen and oxygen atoms in total. The lowest BCUT2D eigenvalue weighted by atomic mass is 9.67. The Bertz CT molecular complexity index is 2360. The van der Waals surface area contributed by atoms with Crippen molar-refractivity contribution >= 4 is 17.1 Å². The van der Waals surface area contributed by atoms with Crippen molar-refractivity contribution in [1.29, 1.82) is 0 Å². The first-order valence-electron chi connectivity index (χ1n) is 18.1. The summed E-state index contributed by atoms with van der Waals surface area (Å²) in [6.07, 6.45) is 0. The molecule has 0 amide bonds. The largest absolute Gasteiger partial charge is 0.310 e. The van der Waals surface area contributed by atoms with Gasteiger partial charge in [-0.15, -0.1) is 0 Å². The van der Waals surface area contributed by atoms with Gasteiger partial charge in [-0.05, 0) is 99.8 Å². The van der Waals surface area contributed by atoms with Crippen LogP contribution in [-0.4, -0.2) is 0 Å². The van der Waals surface area contributed by atoms with E-state index in [1.54, 1.807) is 0 Å². The smallest absolute Gasteiger partial charge is 0.0714 e. The fourth-order valence-electron chi connectivity index (χ4n) is 8.31. The number of hydrogen-bond donors (Lipinski definition) is 0. The molecule has 0 atom stereocenters. The molecule has 52 heavy (non-hydrogen) atoms. The van der Waals surface area contributed by atoms with E-state index in [-0.39, 0.29) is 0 Å². The van der Waals surface area contributed by atoms with Crippen LogP contribution < -0.4 is 4.90 Å². The topological polar surface area (TPSA) is 3.24 Å². The molecule has 1 heteroatoms. The van der Waals surface area contributed by atoms with Gasteiger partial charge in [-0.3, -0.25) is 0 Å². The van der Waals surface area contributed by atoms with Gasteiger partial charge in [0.1, 0.15) is 0 Å². The van der Waals surface area contributed by atoms with Crippen LogP contribution in [-0.2, 0) is 5.41 Å². The van der Waals surface area contributed by atoms with Crippen molar-refractivity contribution in [3.05, 3.63) is 234 Å². The van der Waals surface area contributed by atoms with Crippen molar-refractivity contribution in [2.24, 2.45) is 0 Å². The van der Waals surface area contributed by atoms with E-state index in [1.807, 2.05) is 0 Å². The van der Waals surface area contributed by atoms with E-state index in [4.69, 9.17) is 0 Å². The molecule has 0 spiro atoms. The lowest BCUT2D eigenvalue weighted by Gasteiger charge is -2.35. The van der Waals surface area contributed by atoms with Gasteiger partial charge in [-0.2, -0.15) is 0 Å². The van der Waals surface area contributed by atoms with E-state index in [1.165, 1.54) is 72.4 Å². The normalized spacial score (nSPS) is 12.6. The van der Waals surface area contributed by atoms with Gasteiger partial charge in [0.2, 0.25) is 0 Å². The van der Waals surface area contributed by atoms with Crippen LogP contribution in [0.3, 0.4) is 0 Å². The predicted molar refractivity (Wildman–Crippen MR) is 219 cm³/mol. The third kappa shape index (κ3) is 5.25. The number of anilines is 3. The van der Waals surface area contributed by atoms with Gasteiger partial charge < -0.3 is 4.90 Å². The summed E-state index contributed by atoms with van der Waals surface area (Å²) in [7, 11) is 0. The van der Waals surface area contributed by atoms with Gasteiger partial charge in [-0.1, -0.05) is 175 Å². The van der Waals surface area contributed by atoms with Crippen LogP contribution in [0.1, 0.15) is 33.4 Å². The van der Waals surface area contributed by atoms with E-state index in [0.717, 1.165) is 11.4 Å². The number of nitrogens with zero attached hydrogens (tertiary/aromatic N) is 1. The molecule has 0 saturated carbocycles. The number of rotatable bonds is 7. The summed E-state index contributed by atoms with van der Waals surface area (Å²) in [6, 6.07) is 73.4. The molecular weight excluding hydrogens is 627 g/mol. The minimum atomic E-state index is -0.486. The minimum absolute atomic E-state index is 0.486. The molecule has 0 heterocycles. The maximum Gasteiger partial charge on any atom is 0.0714 e. The summed E-state index contributed by atoms with van der Waals surface area (Å²) in [4.78, 5) is 2.46. The van der Waals surface area contributed by atoms with Crippen molar-refractivity contribution in [3.63, 3.8) is 0 Å². The molecule has 0 fully saturated rings. The minimum Gasteiger partial charge on any atom is -0.310 e. The van der Waals surface area contributed by atoms with E-state index in [2.05, 4.69) is 219 Å². The monoisotopic (exact) mass is 665 g/mol. The van der Waals surface area contributed by atoms with Crippen molar-refractivity contribution in [2.75, 3.05) is 4.90 Å². The van der Waals surface area contributed by atoms with Gasteiger partial charge in [0.05, 0.1) is 11.1 Å². The Morgan fingerprint density at radius 1 is 0.365 bits per heavy atom. The van der Waals surface area contributed by atoms with Crippen molar-refractivity contribution < 1.29 is 0 Å². The van der Waals surface area contributed by atoms with Gasteiger partial charge in [0.15, 0.2) is 0 Å². The van der Waals surface area contributed by atoms with Gasteiger partial charge in [0.25, 0.3) is 0 Å². The van der Waals surface area contributed by atoms with E-state index in [0.29, 0.717) is 0 Å². The first kappa shape index (κ1) is 31.5. The highest BCUT2D eigenvalue weighted by Gasteiger charge is 2.47. The maximum atomic E-state index is 2.46. The highest BCUT2D eigenvalue weighted by atomic mass is 15.1. The number of hydrogen-bond acceptors (Lipinski definition) is 1. The summed E-state index contributed by atoms with van der Waals surface area (Å²) >= 11 is 0. The first-order chi connectivity index (χ1) is 25.6. The molecular formula is C51H39N. The van der Waals surface area contributed by atoms with Crippen LogP contribution in [0.5, 0.6) is 0 Å². The lowest BCUT2D eigenvalue weighted by molar-refractivity contribution is 0.766. The zero-order chi connectivity index (χ0) is 35.1. The Morgan fingerprint density at radius 2 is 0.788 bits per heavy atom. The van der Waals surface area contributed by atoms with Crippen molar-refractivity contribution in [1.82, 2.24) is 0 Å². The quantitative estimate of drug-likeness (QED) is 0.164. The number of aryl methyl sites for hydroxylation is 2. The summed E-state index contributed by atoms with van der Waals surface area (Å²) in [5, 5.41) is 0. The third-order valence-corrected chi connectivity index (χ3v) is 10.6. The van der Waals surface area contributed by atoms with Gasteiger partial charge in [0, 0.05) is 16.9 Å². The Morgan fingerprint density at radius 3 is 1.27 bits per heavy atom. The highest BCUT2D eigenvalue weighted by molar-refractivity contribution is 5.98. The molecule has 8 aromatic rings. The average molecular weight is 666 g/mol. The molecule has 1 aliphatic carbocycles. The molecule has 8 aromatic carbocycles. The summed E-state index contributed by atoms with van der Waals surface area (Å²) in [5.74, 6) is 0. The molecule has 1 aliphatic rings. The molecule has 0 N–H and O–H groups in total. The number of benzene rings is 8. The van der Waals surface area contributed by atoms with Crippen LogP contribution in [0, 0.1) is 13.8 Å². The maximum absolute atomic E-state index is 2.46. The second-order valence-corrected chi connectivity index (χ2v) is 13.9. The van der Waals surface area contributed by atoms with Crippen LogP contribution in [0.4, 0.5) is 17.1 Å². The Labute approximate surface area is 307 Å². The SMILES string of the molecule is Cc1ccc2c(c1)C(c1ccccc1)(c1ccccc1)c1cc(C)cc(N(c3ccc(-c4ccccc4)cc3)c3ccc(-c4ccccc4)cc3)c1-2. The van der Waals surface area contributed by atoms with Crippen molar-refractivity contribution in [3.8, 4) is 33.4 Å². The molecule has 0 saturated heterocycles. The van der Waals surface area contributed by atoms with Crippen LogP contribution in [0.25, 0.3) is 33.4 Å².